The molecule has 0 aliphatic heterocycles. The minimum absolute atomic E-state index is 0.0326. The maximum absolute atomic E-state index is 12.8. The summed E-state index contributed by atoms with van der Waals surface area (Å²) in [7, 11) is 0. The second kappa shape index (κ2) is 5.09. The first-order chi connectivity index (χ1) is 9.24. The number of hydrogen-bond donors (Lipinski definition) is 1. The largest absolute Gasteiger partial charge is 0.393 e. The summed E-state index contributed by atoms with van der Waals surface area (Å²) in [6, 6.07) is 9.60. The highest BCUT2D eigenvalue weighted by atomic mass is 16.3. The quantitative estimate of drug-likeness (QED) is 0.823. The lowest BCUT2D eigenvalue weighted by molar-refractivity contribution is -0.0315. The molecule has 0 radical (unpaired) electrons. The van der Waals surface area contributed by atoms with Crippen molar-refractivity contribution >= 4 is 5.78 Å². The lowest BCUT2D eigenvalue weighted by Crippen LogP contribution is -2.44. The van der Waals surface area contributed by atoms with Gasteiger partial charge in [-0.1, -0.05) is 49.6 Å². The molecule has 1 spiro atoms. The van der Waals surface area contributed by atoms with Crippen LogP contribution < -0.4 is 0 Å². The van der Waals surface area contributed by atoms with Crippen LogP contribution in [0.15, 0.2) is 30.3 Å². The summed E-state index contributed by atoms with van der Waals surface area (Å²) >= 11 is 0. The van der Waals surface area contributed by atoms with Gasteiger partial charge in [0.15, 0.2) is 5.78 Å². The van der Waals surface area contributed by atoms with Crippen molar-refractivity contribution in [3.63, 3.8) is 0 Å². The summed E-state index contributed by atoms with van der Waals surface area (Å²) < 4.78 is 0. The first-order valence-corrected chi connectivity index (χ1v) is 7.51. The van der Waals surface area contributed by atoms with Crippen molar-refractivity contribution in [2.75, 3.05) is 0 Å². The fourth-order valence-electron chi connectivity index (χ4n) is 4.24. The van der Waals surface area contributed by atoms with E-state index < -0.39 is 0 Å². The van der Waals surface area contributed by atoms with Gasteiger partial charge in [-0.15, -0.1) is 0 Å². The van der Waals surface area contributed by atoms with Crippen LogP contribution >= 0.6 is 0 Å². The Morgan fingerprint density at radius 3 is 2.53 bits per heavy atom. The Morgan fingerprint density at radius 1 is 1.05 bits per heavy atom. The zero-order chi connectivity index (χ0) is 13.3. The Bertz CT molecular complexity index is 454. The van der Waals surface area contributed by atoms with Gasteiger partial charge >= 0.3 is 0 Å². The monoisotopic (exact) mass is 258 g/mol. The van der Waals surface area contributed by atoms with Gasteiger partial charge in [-0.25, -0.2) is 0 Å². The van der Waals surface area contributed by atoms with Gasteiger partial charge in [-0.3, -0.25) is 4.79 Å². The van der Waals surface area contributed by atoms with Gasteiger partial charge < -0.3 is 5.11 Å². The summed E-state index contributed by atoms with van der Waals surface area (Å²) in [6.45, 7) is 0. The Labute approximate surface area is 114 Å². The van der Waals surface area contributed by atoms with Crippen molar-refractivity contribution in [3.8, 4) is 0 Å². The minimum atomic E-state index is -0.276. The average molecular weight is 258 g/mol. The molecule has 3 atom stereocenters. The van der Waals surface area contributed by atoms with Crippen LogP contribution in [0.3, 0.4) is 0 Å². The van der Waals surface area contributed by atoms with E-state index in [0.717, 1.165) is 50.5 Å². The van der Waals surface area contributed by atoms with Crippen molar-refractivity contribution in [2.24, 2.45) is 11.3 Å². The van der Waals surface area contributed by atoms with E-state index in [-0.39, 0.29) is 23.2 Å². The smallest absolute Gasteiger partial charge is 0.166 e. The van der Waals surface area contributed by atoms with E-state index in [1.807, 2.05) is 30.3 Å². The lowest BCUT2D eigenvalue weighted by Gasteiger charge is -2.42. The first-order valence-electron chi connectivity index (χ1n) is 7.51. The Morgan fingerprint density at radius 2 is 1.79 bits per heavy atom. The third kappa shape index (κ3) is 2.12. The van der Waals surface area contributed by atoms with Gasteiger partial charge in [0, 0.05) is 16.9 Å². The summed E-state index contributed by atoms with van der Waals surface area (Å²) in [5, 5.41) is 10.5. The number of benzene rings is 1. The molecule has 0 aromatic heterocycles. The van der Waals surface area contributed by atoms with Crippen LogP contribution in [0.1, 0.15) is 55.3 Å². The highest BCUT2D eigenvalue weighted by molar-refractivity contribution is 5.98. The van der Waals surface area contributed by atoms with Crippen LogP contribution in [0, 0.1) is 11.3 Å². The van der Waals surface area contributed by atoms with Crippen LogP contribution in [0.5, 0.6) is 0 Å². The SMILES string of the molecule is O=C(c1ccccc1)[C@H]1CCC[C@@]12CCCC[C@H]2O. The van der Waals surface area contributed by atoms with Crippen LogP contribution in [0.4, 0.5) is 0 Å². The Hall–Kier alpha value is -1.15. The molecule has 0 bridgehead atoms. The number of carbonyl (C=O) groups excluding carboxylic acids is 1. The molecule has 0 heterocycles. The van der Waals surface area contributed by atoms with E-state index in [1.54, 1.807) is 0 Å². The van der Waals surface area contributed by atoms with Crippen molar-refractivity contribution in [2.45, 2.75) is 51.0 Å². The fraction of sp³-hybridized carbons (Fsp3) is 0.588. The molecule has 1 aromatic rings. The molecule has 1 aromatic carbocycles. The van der Waals surface area contributed by atoms with Gasteiger partial charge in [-0.05, 0) is 25.7 Å². The van der Waals surface area contributed by atoms with Crippen molar-refractivity contribution in [1.82, 2.24) is 0 Å². The molecule has 2 aliphatic rings. The summed E-state index contributed by atoms with van der Waals surface area (Å²) in [4.78, 5) is 12.8. The number of rotatable bonds is 2. The molecule has 102 valence electrons. The fourth-order valence-corrected chi connectivity index (χ4v) is 4.24. The van der Waals surface area contributed by atoms with Crippen molar-refractivity contribution < 1.29 is 9.90 Å². The van der Waals surface area contributed by atoms with Gasteiger partial charge in [0.1, 0.15) is 0 Å². The molecule has 2 aliphatic carbocycles. The second-order valence-corrected chi connectivity index (χ2v) is 6.17. The molecule has 2 heteroatoms. The molecular formula is C17H22O2. The number of Topliss-reactive ketones (excluding diaryl/α,β-unsaturated/α-hetero) is 1. The number of hydrogen-bond acceptors (Lipinski definition) is 2. The molecule has 19 heavy (non-hydrogen) atoms. The standard InChI is InChI=1S/C17H22O2/c18-15-10-4-5-11-17(15)12-6-9-14(17)16(19)13-7-2-1-3-8-13/h1-3,7-8,14-15,18H,4-6,9-12H2/t14-,15-,17+/m1/s1. The molecule has 2 nitrogen and oxygen atoms in total. The average Bonchev–Trinajstić information content (AvgIpc) is 2.87. The van der Waals surface area contributed by atoms with Gasteiger partial charge in [-0.2, -0.15) is 0 Å². The Balaban J connectivity index is 1.89. The summed E-state index contributed by atoms with van der Waals surface area (Å²) in [5.74, 6) is 0.282. The lowest BCUT2D eigenvalue weighted by atomic mass is 9.64. The number of aliphatic hydroxyl groups excluding tert-OH is 1. The van der Waals surface area contributed by atoms with Gasteiger partial charge in [0.25, 0.3) is 0 Å². The zero-order valence-electron chi connectivity index (χ0n) is 11.3. The van der Waals surface area contributed by atoms with Gasteiger partial charge in [0.05, 0.1) is 6.10 Å². The predicted octanol–water partition coefficient (Wildman–Crippen LogP) is 3.59. The molecule has 0 unspecified atom stereocenters. The topological polar surface area (TPSA) is 37.3 Å². The van der Waals surface area contributed by atoms with E-state index in [9.17, 15) is 9.90 Å². The van der Waals surface area contributed by atoms with E-state index in [1.165, 1.54) is 0 Å². The molecule has 2 fully saturated rings. The van der Waals surface area contributed by atoms with E-state index in [4.69, 9.17) is 0 Å². The van der Waals surface area contributed by atoms with E-state index in [0.29, 0.717) is 0 Å². The van der Waals surface area contributed by atoms with Crippen LogP contribution in [-0.2, 0) is 0 Å². The molecule has 0 saturated heterocycles. The van der Waals surface area contributed by atoms with Gasteiger partial charge in [0.2, 0.25) is 0 Å². The highest BCUT2D eigenvalue weighted by Gasteiger charge is 2.51. The van der Waals surface area contributed by atoms with Crippen molar-refractivity contribution in [1.29, 1.82) is 0 Å². The van der Waals surface area contributed by atoms with Crippen molar-refractivity contribution in [3.05, 3.63) is 35.9 Å². The molecular weight excluding hydrogens is 236 g/mol. The zero-order valence-corrected chi connectivity index (χ0v) is 11.3. The maximum Gasteiger partial charge on any atom is 0.166 e. The second-order valence-electron chi connectivity index (χ2n) is 6.17. The van der Waals surface area contributed by atoms with Crippen LogP contribution in [0.2, 0.25) is 0 Å². The molecule has 0 amide bonds. The molecule has 2 saturated carbocycles. The highest BCUT2D eigenvalue weighted by Crippen LogP contribution is 2.53. The minimum Gasteiger partial charge on any atom is -0.393 e. The first kappa shape index (κ1) is 12.9. The predicted molar refractivity (Wildman–Crippen MR) is 75.0 cm³/mol. The third-order valence-corrected chi connectivity index (χ3v) is 5.24. The van der Waals surface area contributed by atoms with Crippen LogP contribution in [-0.4, -0.2) is 17.0 Å². The van der Waals surface area contributed by atoms with Crippen LogP contribution in [0.25, 0.3) is 0 Å². The summed E-state index contributed by atoms with van der Waals surface area (Å²) in [5.41, 5.74) is 0.692. The number of ketones is 1. The third-order valence-electron chi connectivity index (χ3n) is 5.24. The van der Waals surface area contributed by atoms with E-state index in [2.05, 4.69) is 0 Å². The summed E-state index contributed by atoms with van der Waals surface area (Å²) in [6.07, 6.45) is 6.95. The van der Waals surface area contributed by atoms with E-state index >= 15 is 0 Å². The molecule has 3 rings (SSSR count). The normalized spacial score (nSPS) is 34.6. The molecule has 1 N–H and O–H groups in total. The Kier molecular flexibility index (Phi) is 3.44. The maximum atomic E-state index is 12.8. The number of aliphatic hydroxyl groups is 1. The number of carbonyl (C=O) groups is 1.